The number of thioether (sulfide) groups is 1. The quantitative estimate of drug-likeness (QED) is 0.283. The maximum Gasteiger partial charge on any atom is 0.214 e. The normalized spacial score (nSPS) is 11.9. The molecule has 2 aromatic carbocycles. The van der Waals surface area contributed by atoms with Gasteiger partial charge in [-0.3, -0.25) is 0 Å². The van der Waals surface area contributed by atoms with E-state index in [0.29, 0.717) is 21.6 Å². The Labute approximate surface area is 174 Å². The number of hydrogen-bond acceptors (Lipinski definition) is 9. The molecule has 0 aliphatic heterocycles. The van der Waals surface area contributed by atoms with Gasteiger partial charge in [-0.05, 0) is 34.7 Å². The van der Waals surface area contributed by atoms with Crippen LogP contribution in [-0.2, 0) is 0 Å². The Morgan fingerprint density at radius 2 is 2.03 bits per heavy atom. The van der Waals surface area contributed by atoms with Gasteiger partial charge in [-0.25, -0.2) is 4.98 Å². The van der Waals surface area contributed by atoms with E-state index in [1.165, 1.54) is 27.8 Å². The number of aromatic nitrogens is 5. The highest BCUT2D eigenvalue weighted by Gasteiger charge is 2.17. The SMILES string of the molecule is COc1ccccc1-n1nnnc1SC/C(O)=C(\C#N)c1nc2ccccc2s1. The number of aliphatic hydroxyl groups is 1. The zero-order valence-corrected chi connectivity index (χ0v) is 16.8. The number of tetrazole rings is 1. The number of aliphatic hydroxyl groups excluding tert-OH is 1. The minimum atomic E-state index is -0.0777. The number of nitriles is 1. The predicted octanol–water partition coefficient (Wildman–Crippen LogP) is 3.87. The summed E-state index contributed by atoms with van der Waals surface area (Å²) < 4.78 is 7.84. The van der Waals surface area contributed by atoms with Gasteiger partial charge in [-0.15, -0.1) is 16.4 Å². The van der Waals surface area contributed by atoms with Crippen molar-refractivity contribution in [3.63, 3.8) is 0 Å². The van der Waals surface area contributed by atoms with E-state index in [2.05, 4.69) is 26.6 Å². The van der Waals surface area contributed by atoms with Crippen molar-refractivity contribution in [1.29, 1.82) is 5.26 Å². The van der Waals surface area contributed by atoms with Crippen LogP contribution in [-0.4, -0.2) is 43.2 Å². The number of nitrogens with zero attached hydrogens (tertiary/aromatic N) is 6. The van der Waals surface area contributed by atoms with Crippen molar-refractivity contribution < 1.29 is 9.84 Å². The predicted molar refractivity (Wildman–Crippen MR) is 111 cm³/mol. The fraction of sp³-hybridized carbons (Fsp3) is 0.105. The molecule has 2 aromatic heterocycles. The molecule has 10 heteroatoms. The third-order valence-electron chi connectivity index (χ3n) is 4.00. The molecular weight excluding hydrogens is 408 g/mol. The largest absolute Gasteiger partial charge is 0.510 e. The summed E-state index contributed by atoms with van der Waals surface area (Å²) in [6.07, 6.45) is 0. The summed E-state index contributed by atoms with van der Waals surface area (Å²) in [5.74, 6) is 0.661. The van der Waals surface area contributed by atoms with E-state index in [0.717, 1.165) is 10.2 Å². The van der Waals surface area contributed by atoms with Crippen molar-refractivity contribution in [3.8, 4) is 17.5 Å². The van der Waals surface area contributed by atoms with Gasteiger partial charge in [0.15, 0.2) is 0 Å². The number of allylic oxidation sites excluding steroid dienone is 1. The molecule has 0 bridgehead atoms. The summed E-state index contributed by atoms with van der Waals surface area (Å²) in [7, 11) is 1.57. The topological polar surface area (TPSA) is 110 Å². The second kappa shape index (κ2) is 8.30. The van der Waals surface area contributed by atoms with Crippen LogP contribution >= 0.6 is 23.1 Å². The summed E-state index contributed by atoms with van der Waals surface area (Å²) >= 11 is 2.57. The molecule has 0 aliphatic rings. The fourth-order valence-electron chi connectivity index (χ4n) is 2.64. The maximum atomic E-state index is 10.5. The molecule has 0 aliphatic carbocycles. The monoisotopic (exact) mass is 422 g/mol. The zero-order valence-electron chi connectivity index (χ0n) is 15.2. The van der Waals surface area contributed by atoms with E-state index in [-0.39, 0.29) is 17.1 Å². The first-order valence-electron chi connectivity index (χ1n) is 8.44. The van der Waals surface area contributed by atoms with Gasteiger partial charge in [0, 0.05) is 0 Å². The van der Waals surface area contributed by atoms with Crippen LogP contribution < -0.4 is 4.74 Å². The highest BCUT2D eigenvalue weighted by molar-refractivity contribution is 7.99. The first kappa shape index (κ1) is 18.9. The minimum Gasteiger partial charge on any atom is -0.510 e. The number of ether oxygens (including phenoxy) is 1. The number of hydrogen-bond donors (Lipinski definition) is 1. The zero-order chi connectivity index (χ0) is 20.2. The molecule has 0 unspecified atom stereocenters. The summed E-state index contributed by atoms with van der Waals surface area (Å²) in [5.41, 5.74) is 1.62. The van der Waals surface area contributed by atoms with Gasteiger partial charge in [0.25, 0.3) is 0 Å². The Bertz CT molecular complexity index is 1210. The van der Waals surface area contributed by atoms with Crippen LogP contribution in [0.2, 0.25) is 0 Å². The van der Waals surface area contributed by atoms with Crippen LogP contribution in [0.25, 0.3) is 21.5 Å². The van der Waals surface area contributed by atoms with Crippen LogP contribution in [0.15, 0.2) is 59.4 Å². The molecule has 0 amide bonds. The first-order valence-corrected chi connectivity index (χ1v) is 10.2. The lowest BCUT2D eigenvalue weighted by Crippen LogP contribution is -2.02. The van der Waals surface area contributed by atoms with Crippen molar-refractivity contribution in [2.75, 3.05) is 12.9 Å². The molecular formula is C19H14N6O2S2. The van der Waals surface area contributed by atoms with Crippen LogP contribution in [0.1, 0.15) is 5.01 Å². The Balaban J connectivity index is 1.60. The molecule has 0 spiro atoms. The van der Waals surface area contributed by atoms with Gasteiger partial charge in [-0.2, -0.15) is 9.94 Å². The molecule has 29 heavy (non-hydrogen) atoms. The van der Waals surface area contributed by atoms with Gasteiger partial charge >= 0.3 is 0 Å². The van der Waals surface area contributed by atoms with Gasteiger partial charge < -0.3 is 9.84 Å². The highest BCUT2D eigenvalue weighted by atomic mass is 32.2. The van der Waals surface area contributed by atoms with Crippen molar-refractivity contribution in [2.45, 2.75) is 5.16 Å². The van der Waals surface area contributed by atoms with E-state index in [4.69, 9.17) is 4.74 Å². The number of rotatable bonds is 6. The Hall–Kier alpha value is -3.42. The molecule has 0 saturated carbocycles. The van der Waals surface area contributed by atoms with E-state index >= 15 is 0 Å². The molecule has 144 valence electrons. The van der Waals surface area contributed by atoms with Crippen molar-refractivity contribution in [3.05, 3.63) is 59.3 Å². The molecule has 4 aromatic rings. The van der Waals surface area contributed by atoms with Gasteiger partial charge in [0.05, 0.1) is 23.1 Å². The van der Waals surface area contributed by atoms with E-state index < -0.39 is 0 Å². The minimum absolute atomic E-state index is 0.0777. The summed E-state index contributed by atoms with van der Waals surface area (Å²) in [6.45, 7) is 0. The molecule has 1 N–H and O–H groups in total. The summed E-state index contributed by atoms with van der Waals surface area (Å²) in [5, 5.41) is 32.8. The van der Waals surface area contributed by atoms with Gasteiger partial charge in [0.1, 0.15) is 33.8 Å². The summed E-state index contributed by atoms with van der Waals surface area (Å²) in [4.78, 5) is 4.44. The van der Waals surface area contributed by atoms with E-state index in [9.17, 15) is 10.4 Å². The lowest BCUT2D eigenvalue weighted by Gasteiger charge is -2.09. The number of benzene rings is 2. The molecule has 0 saturated heterocycles. The first-order chi connectivity index (χ1) is 14.2. The fourth-order valence-corrected chi connectivity index (χ4v) is 4.39. The molecule has 0 atom stereocenters. The van der Waals surface area contributed by atoms with Crippen LogP contribution in [0.5, 0.6) is 5.75 Å². The number of fused-ring (bicyclic) bond motifs is 1. The van der Waals surface area contributed by atoms with E-state index in [1.807, 2.05) is 48.5 Å². The van der Waals surface area contributed by atoms with Gasteiger partial charge in [0.2, 0.25) is 5.16 Å². The second-order valence-corrected chi connectivity index (χ2v) is 7.73. The molecule has 2 heterocycles. The standard InChI is InChI=1S/C19H14N6O2S2/c1-27-16-8-4-3-7-14(16)25-19(22-23-24-25)28-11-15(26)12(10-20)18-21-13-6-2-5-9-17(13)29-18/h2-9,26H,11H2,1H3/b15-12-. The van der Waals surface area contributed by atoms with Crippen molar-refractivity contribution in [1.82, 2.24) is 25.2 Å². The average molecular weight is 422 g/mol. The van der Waals surface area contributed by atoms with Crippen LogP contribution in [0.3, 0.4) is 0 Å². The van der Waals surface area contributed by atoms with Crippen LogP contribution in [0.4, 0.5) is 0 Å². The Morgan fingerprint density at radius 1 is 1.24 bits per heavy atom. The van der Waals surface area contributed by atoms with Crippen molar-refractivity contribution >= 4 is 38.9 Å². The average Bonchev–Trinajstić information content (AvgIpc) is 3.39. The van der Waals surface area contributed by atoms with E-state index in [1.54, 1.807) is 7.11 Å². The lowest BCUT2D eigenvalue weighted by atomic mass is 10.2. The van der Waals surface area contributed by atoms with Gasteiger partial charge in [-0.1, -0.05) is 36.0 Å². The number of thiazole rings is 1. The second-order valence-electron chi connectivity index (χ2n) is 5.75. The Morgan fingerprint density at radius 3 is 2.83 bits per heavy atom. The highest BCUT2D eigenvalue weighted by Crippen LogP contribution is 2.30. The maximum absolute atomic E-state index is 10.5. The molecule has 0 fully saturated rings. The third-order valence-corrected chi connectivity index (χ3v) is 5.98. The van der Waals surface area contributed by atoms with Crippen LogP contribution in [0, 0.1) is 11.3 Å². The lowest BCUT2D eigenvalue weighted by molar-refractivity contribution is 0.410. The number of methoxy groups -OCH3 is 1. The Kier molecular flexibility index (Phi) is 5.41. The molecule has 0 radical (unpaired) electrons. The smallest absolute Gasteiger partial charge is 0.214 e. The molecule has 8 nitrogen and oxygen atoms in total. The van der Waals surface area contributed by atoms with Crippen molar-refractivity contribution in [2.24, 2.45) is 0 Å². The summed E-state index contributed by atoms with van der Waals surface area (Å²) in [6, 6.07) is 17.0. The number of para-hydroxylation sites is 3. The third kappa shape index (κ3) is 3.78. The molecule has 4 rings (SSSR count).